The van der Waals surface area contributed by atoms with Crippen molar-refractivity contribution < 1.29 is 14.3 Å². The fourth-order valence-corrected chi connectivity index (χ4v) is 4.83. The number of hydrogen-bond donors (Lipinski definition) is 0. The number of methoxy groups -OCH3 is 2. The highest BCUT2D eigenvalue weighted by atomic mass is 35.5. The average molecular weight is 476 g/mol. The molecule has 7 heteroatoms. The van der Waals surface area contributed by atoms with Crippen LogP contribution >= 0.6 is 11.6 Å². The standard InChI is InChI=1S/C27H26ClN3O3/c1-33-22-11-20(12-23(13-22)34-2)24(25-15-29-26-8-7-21(28)17-31(25)26)14-27(32)30-10-9-18-5-3-4-6-19(18)16-30/h3-8,11-13,15,17,24H,9-10,14,16H2,1-2H3. The van der Waals surface area contributed by atoms with E-state index in [2.05, 4.69) is 23.2 Å². The molecule has 0 saturated heterocycles. The van der Waals surface area contributed by atoms with Crippen LogP contribution in [0.3, 0.4) is 0 Å². The molecular weight excluding hydrogens is 450 g/mol. The summed E-state index contributed by atoms with van der Waals surface area (Å²) in [6.07, 6.45) is 4.82. The zero-order valence-electron chi connectivity index (χ0n) is 19.2. The van der Waals surface area contributed by atoms with Crippen LogP contribution in [0, 0.1) is 0 Å². The van der Waals surface area contributed by atoms with Gasteiger partial charge in [-0.15, -0.1) is 0 Å². The maximum absolute atomic E-state index is 13.6. The van der Waals surface area contributed by atoms with Gasteiger partial charge in [-0.25, -0.2) is 4.98 Å². The van der Waals surface area contributed by atoms with Crippen LogP contribution in [-0.2, 0) is 17.8 Å². The summed E-state index contributed by atoms with van der Waals surface area (Å²) in [6, 6.07) is 17.8. The second kappa shape index (κ2) is 9.39. The number of benzene rings is 2. The first-order chi connectivity index (χ1) is 16.6. The molecule has 0 bridgehead atoms. The molecule has 1 unspecified atom stereocenters. The number of imidazole rings is 1. The van der Waals surface area contributed by atoms with Crippen molar-refractivity contribution in [2.75, 3.05) is 20.8 Å². The van der Waals surface area contributed by atoms with E-state index in [1.807, 2.05) is 58.1 Å². The van der Waals surface area contributed by atoms with Crippen molar-refractivity contribution in [2.45, 2.75) is 25.3 Å². The third kappa shape index (κ3) is 4.33. The fraction of sp³-hybridized carbons (Fsp3) is 0.259. The number of rotatable bonds is 6. The summed E-state index contributed by atoms with van der Waals surface area (Å²) < 4.78 is 13.0. The van der Waals surface area contributed by atoms with Crippen LogP contribution in [0.5, 0.6) is 11.5 Å². The molecule has 0 N–H and O–H groups in total. The Morgan fingerprint density at radius 1 is 1.06 bits per heavy atom. The van der Waals surface area contributed by atoms with Gasteiger partial charge in [0.1, 0.15) is 17.1 Å². The van der Waals surface area contributed by atoms with Crippen LogP contribution < -0.4 is 9.47 Å². The first-order valence-corrected chi connectivity index (χ1v) is 11.6. The van der Waals surface area contributed by atoms with E-state index in [0.717, 1.165) is 23.3 Å². The molecule has 0 radical (unpaired) electrons. The van der Waals surface area contributed by atoms with Crippen molar-refractivity contribution in [1.29, 1.82) is 0 Å². The number of amides is 1. The summed E-state index contributed by atoms with van der Waals surface area (Å²) in [5, 5.41) is 0.604. The molecular formula is C27H26ClN3O3. The Labute approximate surface area is 203 Å². The minimum Gasteiger partial charge on any atom is -0.497 e. The van der Waals surface area contributed by atoms with Gasteiger partial charge in [0.05, 0.1) is 24.9 Å². The normalized spacial score (nSPS) is 14.0. The van der Waals surface area contributed by atoms with Crippen LogP contribution in [-0.4, -0.2) is 41.0 Å². The molecule has 1 atom stereocenters. The number of carbonyl (C=O) groups excluding carboxylic acids is 1. The summed E-state index contributed by atoms with van der Waals surface area (Å²) in [5.74, 6) is 1.18. The maximum atomic E-state index is 13.6. The molecule has 34 heavy (non-hydrogen) atoms. The molecule has 174 valence electrons. The number of nitrogens with zero attached hydrogens (tertiary/aromatic N) is 3. The molecule has 5 rings (SSSR count). The largest absolute Gasteiger partial charge is 0.497 e. The second-order valence-corrected chi connectivity index (χ2v) is 8.93. The van der Waals surface area contributed by atoms with Crippen LogP contribution in [0.1, 0.15) is 34.7 Å². The molecule has 1 amide bonds. The first-order valence-electron chi connectivity index (χ1n) is 11.3. The van der Waals surface area contributed by atoms with Crippen LogP contribution in [0.15, 0.2) is 67.0 Å². The molecule has 0 aliphatic carbocycles. The monoisotopic (exact) mass is 475 g/mol. The zero-order valence-corrected chi connectivity index (χ0v) is 20.0. The molecule has 2 aromatic carbocycles. The Hall–Kier alpha value is -3.51. The van der Waals surface area contributed by atoms with E-state index >= 15 is 0 Å². The quantitative estimate of drug-likeness (QED) is 0.389. The van der Waals surface area contributed by atoms with Gasteiger partial charge in [0, 0.05) is 43.9 Å². The molecule has 1 aliphatic rings. The van der Waals surface area contributed by atoms with E-state index in [1.54, 1.807) is 14.2 Å². The summed E-state index contributed by atoms with van der Waals surface area (Å²) in [6.45, 7) is 1.34. The molecule has 0 spiro atoms. The van der Waals surface area contributed by atoms with E-state index in [0.29, 0.717) is 36.0 Å². The minimum absolute atomic E-state index is 0.0956. The number of ether oxygens (including phenoxy) is 2. The number of fused-ring (bicyclic) bond motifs is 2. The Morgan fingerprint density at radius 2 is 1.79 bits per heavy atom. The number of halogens is 1. The van der Waals surface area contributed by atoms with Crippen molar-refractivity contribution >= 4 is 23.2 Å². The molecule has 1 aliphatic heterocycles. The summed E-state index contributed by atoms with van der Waals surface area (Å²) >= 11 is 6.31. The third-order valence-corrected chi connectivity index (χ3v) is 6.72. The molecule has 3 heterocycles. The molecule has 0 saturated carbocycles. The number of pyridine rings is 1. The van der Waals surface area contributed by atoms with Crippen molar-refractivity contribution in [1.82, 2.24) is 14.3 Å². The van der Waals surface area contributed by atoms with Gasteiger partial charge in [0.15, 0.2) is 0 Å². The zero-order chi connectivity index (χ0) is 23.7. The fourth-order valence-electron chi connectivity index (χ4n) is 4.67. The molecule has 0 fully saturated rings. The predicted molar refractivity (Wildman–Crippen MR) is 132 cm³/mol. The van der Waals surface area contributed by atoms with Crippen molar-refractivity contribution in [3.8, 4) is 11.5 Å². The van der Waals surface area contributed by atoms with Gasteiger partial charge >= 0.3 is 0 Å². The lowest BCUT2D eigenvalue weighted by molar-refractivity contribution is -0.132. The Balaban J connectivity index is 1.53. The van der Waals surface area contributed by atoms with E-state index in [-0.39, 0.29) is 11.8 Å². The van der Waals surface area contributed by atoms with Crippen molar-refractivity contribution in [2.24, 2.45) is 0 Å². The highest BCUT2D eigenvalue weighted by Gasteiger charge is 2.27. The van der Waals surface area contributed by atoms with Gasteiger partial charge in [-0.2, -0.15) is 0 Å². The van der Waals surface area contributed by atoms with E-state index in [1.165, 1.54) is 11.1 Å². The minimum atomic E-state index is -0.262. The highest BCUT2D eigenvalue weighted by Crippen LogP contribution is 2.35. The van der Waals surface area contributed by atoms with Gasteiger partial charge in [0.2, 0.25) is 5.91 Å². The molecule has 4 aromatic rings. The van der Waals surface area contributed by atoms with E-state index in [4.69, 9.17) is 21.1 Å². The van der Waals surface area contributed by atoms with Crippen LogP contribution in [0.4, 0.5) is 0 Å². The lowest BCUT2D eigenvalue weighted by Crippen LogP contribution is -2.36. The number of carbonyl (C=O) groups is 1. The van der Waals surface area contributed by atoms with E-state index in [9.17, 15) is 4.79 Å². The third-order valence-electron chi connectivity index (χ3n) is 6.49. The van der Waals surface area contributed by atoms with E-state index < -0.39 is 0 Å². The van der Waals surface area contributed by atoms with Crippen LogP contribution in [0.25, 0.3) is 5.65 Å². The number of aromatic nitrogens is 2. The SMILES string of the molecule is COc1cc(OC)cc(C(CC(=O)N2CCc3ccccc3C2)c2cnc3ccc(Cl)cn23)c1. The highest BCUT2D eigenvalue weighted by molar-refractivity contribution is 6.30. The predicted octanol–water partition coefficient (Wildman–Crippen LogP) is 5.11. The maximum Gasteiger partial charge on any atom is 0.223 e. The van der Waals surface area contributed by atoms with Gasteiger partial charge in [-0.3, -0.25) is 4.79 Å². The van der Waals surface area contributed by atoms with Crippen molar-refractivity contribution in [3.05, 3.63) is 94.4 Å². The van der Waals surface area contributed by atoms with Gasteiger partial charge in [-0.1, -0.05) is 35.9 Å². The Morgan fingerprint density at radius 3 is 2.53 bits per heavy atom. The Bertz CT molecular complexity index is 1330. The summed E-state index contributed by atoms with van der Waals surface area (Å²) in [4.78, 5) is 20.1. The van der Waals surface area contributed by atoms with Crippen LogP contribution in [0.2, 0.25) is 5.02 Å². The molecule has 2 aromatic heterocycles. The van der Waals surface area contributed by atoms with Gasteiger partial charge in [-0.05, 0) is 47.4 Å². The second-order valence-electron chi connectivity index (χ2n) is 8.50. The summed E-state index contributed by atoms with van der Waals surface area (Å²) in [7, 11) is 3.25. The molecule has 6 nitrogen and oxygen atoms in total. The topological polar surface area (TPSA) is 56.1 Å². The average Bonchev–Trinajstić information content (AvgIpc) is 3.29. The van der Waals surface area contributed by atoms with Gasteiger partial charge < -0.3 is 18.8 Å². The lowest BCUT2D eigenvalue weighted by atomic mass is 9.91. The summed E-state index contributed by atoms with van der Waals surface area (Å²) in [5.41, 5.74) is 5.11. The Kier molecular flexibility index (Phi) is 6.16. The first kappa shape index (κ1) is 22.3. The van der Waals surface area contributed by atoms with Gasteiger partial charge in [0.25, 0.3) is 0 Å². The van der Waals surface area contributed by atoms with Crippen molar-refractivity contribution in [3.63, 3.8) is 0 Å². The smallest absolute Gasteiger partial charge is 0.223 e. The number of hydrogen-bond acceptors (Lipinski definition) is 4. The lowest BCUT2D eigenvalue weighted by Gasteiger charge is -2.30.